The Hall–Kier alpha value is -4.14. The van der Waals surface area contributed by atoms with E-state index in [-0.39, 0.29) is 17.8 Å². The monoisotopic (exact) mass is 489 g/mol. The lowest BCUT2D eigenvalue weighted by Gasteiger charge is -2.34. The molecular weight excluding hydrogens is 462 g/mol. The molecule has 9 nitrogen and oxygen atoms in total. The van der Waals surface area contributed by atoms with Gasteiger partial charge in [-0.2, -0.15) is 0 Å². The molecule has 186 valence electrons. The van der Waals surface area contributed by atoms with Gasteiger partial charge in [-0.25, -0.2) is 0 Å². The minimum Gasteiger partial charge on any atom is -0.427 e. The van der Waals surface area contributed by atoms with E-state index in [0.29, 0.717) is 17.2 Å². The highest BCUT2D eigenvalue weighted by Gasteiger charge is 2.34. The number of ether oxygens (including phenoxy) is 3. The molecule has 9 heteroatoms. The van der Waals surface area contributed by atoms with Gasteiger partial charge in [0.1, 0.15) is 17.2 Å². The second-order valence-electron chi connectivity index (χ2n) is 8.83. The molecule has 3 heterocycles. The molecule has 1 saturated carbocycles. The van der Waals surface area contributed by atoms with Gasteiger partial charge in [-0.15, -0.1) is 0 Å². The second-order valence-corrected chi connectivity index (χ2v) is 8.83. The SMILES string of the molecule is CC(=O)Oc1ccnc(C2CC(c3cc(OC(C)=O)ccn3)CC(c3cc(OC(C)=O)ccn3)C2)c1. The van der Waals surface area contributed by atoms with Crippen LogP contribution in [0.1, 0.15) is 74.9 Å². The fourth-order valence-electron chi connectivity index (χ4n) is 4.69. The minimum atomic E-state index is -0.399. The molecule has 1 aliphatic rings. The standard InChI is InChI=1S/C27H27N3O6/c1-16(31)34-22-4-7-28-25(13-22)19-10-20(26-14-23(5-8-29-26)35-17(2)32)12-21(11-19)27-15-24(6-9-30-27)36-18(3)33/h4-9,13-15,19-21H,10-12H2,1-3H3. The number of hydrogen-bond acceptors (Lipinski definition) is 9. The van der Waals surface area contributed by atoms with E-state index in [9.17, 15) is 14.4 Å². The Kier molecular flexibility index (Phi) is 7.68. The summed E-state index contributed by atoms with van der Waals surface area (Å²) in [5.74, 6) is 0.176. The summed E-state index contributed by atoms with van der Waals surface area (Å²) in [6.07, 6.45) is 7.12. The summed E-state index contributed by atoms with van der Waals surface area (Å²) in [5.41, 5.74) is 2.40. The molecule has 1 aliphatic carbocycles. The van der Waals surface area contributed by atoms with Gasteiger partial charge in [0.2, 0.25) is 0 Å². The third-order valence-corrected chi connectivity index (χ3v) is 6.00. The number of rotatable bonds is 6. The number of hydrogen-bond donors (Lipinski definition) is 0. The molecule has 0 N–H and O–H groups in total. The molecule has 0 amide bonds. The van der Waals surface area contributed by atoms with Crippen molar-refractivity contribution in [3.63, 3.8) is 0 Å². The van der Waals surface area contributed by atoms with Crippen molar-refractivity contribution in [2.24, 2.45) is 0 Å². The van der Waals surface area contributed by atoms with Crippen LogP contribution in [0.2, 0.25) is 0 Å². The lowest BCUT2D eigenvalue weighted by molar-refractivity contribution is -0.132. The van der Waals surface area contributed by atoms with Gasteiger partial charge < -0.3 is 14.2 Å². The third kappa shape index (κ3) is 6.50. The first-order valence-electron chi connectivity index (χ1n) is 11.7. The summed E-state index contributed by atoms with van der Waals surface area (Å²) in [6.45, 7) is 4.07. The highest BCUT2D eigenvalue weighted by molar-refractivity contribution is 5.70. The smallest absolute Gasteiger partial charge is 0.308 e. The second kappa shape index (κ2) is 11.1. The van der Waals surface area contributed by atoms with Crippen molar-refractivity contribution in [1.29, 1.82) is 0 Å². The largest absolute Gasteiger partial charge is 0.427 e. The van der Waals surface area contributed by atoms with Crippen LogP contribution in [0.4, 0.5) is 0 Å². The van der Waals surface area contributed by atoms with Crippen molar-refractivity contribution in [3.05, 3.63) is 72.1 Å². The molecular formula is C27H27N3O6. The molecule has 36 heavy (non-hydrogen) atoms. The number of carbonyl (C=O) groups excluding carboxylic acids is 3. The van der Waals surface area contributed by atoms with Crippen LogP contribution in [-0.2, 0) is 14.4 Å². The topological polar surface area (TPSA) is 118 Å². The highest BCUT2D eigenvalue weighted by Crippen LogP contribution is 2.47. The van der Waals surface area contributed by atoms with Crippen LogP contribution < -0.4 is 14.2 Å². The van der Waals surface area contributed by atoms with Crippen LogP contribution in [0, 0.1) is 0 Å². The first-order valence-corrected chi connectivity index (χ1v) is 11.7. The molecule has 0 spiro atoms. The van der Waals surface area contributed by atoms with Crippen LogP contribution in [0.25, 0.3) is 0 Å². The van der Waals surface area contributed by atoms with Crippen LogP contribution >= 0.6 is 0 Å². The van der Waals surface area contributed by atoms with Crippen molar-refractivity contribution in [1.82, 2.24) is 15.0 Å². The van der Waals surface area contributed by atoms with E-state index in [1.54, 1.807) is 55.0 Å². The maximum Gasteiger partial charge on any atom is 0.308 e. The van der Waals surface area contributed by atoms with Gasteiger partial charge in [0.25, 0.3) is 0 Å². The van der Waals surface area contributed by atoms with Crippen molar-refractivity contribution in [2.45, 2.75) is 57.8 Å². The first-order chi connectivity index (χ1) is 17.3. The Morgan fingerprint density at radius 2 is 0.861 bits per heavy atom. The minimum absolute atomic E-state index is 0.0163. The molecule has 0 saturated heterocycles. The summed E-state index contributed by atoms with van der Waals surface area (Å²) >= 11 is 0. The van der Waals surface area contributed by atoms with Crippen molar-refractivity contribution < 1.29 is 28.6 Å². The number of nitrogens with zero attached hydrogens (tertiary/aromatic N) is 3. The van der Waals surface area contributed by atoms with Crippen LogP contribution in [0.5, 0.6) is 17.2 Å². The van der Waals surface area contributed by atoms with Crippen molar-refractivity contribution in [3.8, 4) is 17.2 Å². The molecule has 0 bridgehead atoms. The lowest BCUT2D eigenvalue weighted by atomic mass is 9.71. The van der Waals surface area contributed by atoms with Crippen LogP contribution in [0.15, 0.2) is 55.0 Å². The molecule has 0 atom stereocenters. The fraction of sp³-hybridized carbons (Fsp3) is 0.333. The molecule has 0 unspecified atom stereocenters. The van der Waals surface area contributed by atoms with E-state index in [1.807, 2.05) is 0 Å². The molecule has 3 aromatic rings. The Labute approximate surface area is 208 Å². The Morgan fingerprint density at radius 3 is 1.11 bits per heavy atom. The molecule has 4 rings (SSSR count). The predicted molar refractivity (Wildman–Crippen MR) is 129 cm³/mol. The van der Waals surface area contributed by atoms with Crippen LogP contribution in [-0.4, -0.2) is 32.9 Å². The summed E-state index contributed by atoms with van der Waals surface area (Å²) < 4.78 is 15.8. The van der Waals surface area contributed by atoms with Crippen molar-refractivity contribution in [2.75, 3.05) is 0 Å². The summed E-state index contributed by atoms with van der Waals surface area (Å²) in [7, 11) is 0. The molecule has 0 aromatic carbocycles. The lowest BCUT2D eigenvalue weighted by Crippen LogP contribution is -2.22. The first kappa shape index (κ1) is 25.0. The van der Waals surface area contributed by atoms with Gasteiger partial charge in [-0.05, 0) is 37.5 Å². The van der Waals surface area contributed by atoms with Crippen LogP contribution in [0.3, 0.4) is 0 Å². The summed E-state index contributed by atoms with van der Waals surface area (Å²) in [4.78, 5) is 48.1. The average Bonchev–Trinajstić information content (AvgIpc) is 2.83. The number of aromatic nitrogens is 3. The Morgan fingerprint density at radius 1 is 0.583 bits per heavy atom. The summed E-state index contributed by atoms with van der Waals surface area (Å²) in [5, 5.41) is 0. The summed E-state index contributed by atoms with van der Waals surface area (Å²) in [6, 6.07) is 10.3. The zero-order valence-electron chi connectivity index (χ0n) is 20.3. The molecule has 0 radical (unpaired) electrons. The maximum absolute atomic E-state index is 11.5. The van der Waals surface area contributed by atoms with E-state index in [4.69, 9.17) is 14.2 Å². The fourth-order valence-corrected chi connectivity index (χ4v) is 4.69. The van der Waals surface area contributed by atoms with Gasteiger partial charge in [0.05, 0.1) is 0 Å². The van der Waals surface area contributed by atoms with Gasteiger partial charge in [-0.3, -0.25) is 29.3 Å². The predicted octanol–water partition coefficient (Wildman–Crippen LogP) is 4.48. The quantitative estimate of drug-likeness (QED) is 0.462. The third-order valence-electron chi connectivity index (χ3n) is 6.00. The Balaban J connectivity index is 1.68. The number of esters is 3. The number of carbonyl (C=O) groups is 3. The van der Waals surface area contributed by atoms with Gasteiger partial charge in [-0.1, -0.05) is 0 Å². The highest BCUT2D eigenvalue weighted by atomic mass is 16.5. The zero-order valence-corrected chi connectivity index (χ0v) is 20.3. The van der Waals surface area contributed by atoms with E-state index in [2.05, 4.69) is 15.0 Å². The van der Waals surface area contributed by atoms with E-state index in [0.717, 1.165) is 36.3 Å². The maximum atomic E-state index is 11.5. The average molecular weight is 490 g/mol. The Bertz CT molecular complexity index is 1120. The normalized spacial score (nSPS) is 19.2. The zero-order chi connectivity index (χ0) is 25.7. The molecule has 1 fully saturated rings. The molecule has 3 aromatic heterocycles. The van der Waals surface area contributed by atoms with Gasteiger partial charge >= 0.3 is 17.9 Å². The van der Waals surface area contributed by atoms with E-state index in [1.165, 1.54) is 20.8 Å². The van der Waals surface area contributed by atoms with E-state index < -0.39 is 17.9 Å². The van der Waals surface area contributed by atoms with Crippen molar-refractivity contribution >= 4 is 17.9 Å². The van der Waals surface area contributed by atoms with Gasteiger partial charge in [0.15, 0.2) is 0 Å². The van der Waals surface area contributed by atoms with E-state index >= 15 is 0 Å². The molecule has 0 aliphatic heterocycles. The van der Waals surface area contributed by atoms with Gasteiger partial charge in [0, 0.05) is 92.4 Å². The number of pyridine rings is 3.